The summed E-state index contributed by atoms with van der Waals surface area (Å²) in [6, 6.07) is 71.3. The van der Waals surface area contributed by atoms with Crippen LogP contribution >= 0.6 is 0 Å². The standard InChI is InChI=1S/C53H36N4/c1-4-16-36(17-5-1)46-31-32-47(55-53(54-46)37-18-6-2-7-19-37)39-20-14-23-41(34-39)57-49-28-13-11-25-44(49)52-42(26-15-29-51(52)57)38-30-33-50-45(35-38)43-24-10-12-27-48(43)56(50)40-21-8-3-9-22-40/h1-30,32-35H,31H2. The smallest absolute Gasteiger partial charge is 0.160 e. The summed E-state index contributed by atoms with van der Waals surface area (Å²) >= 11 is 0. The molecule has 4 heteroatoms. The predicted molar refractivity (Wildman–Crippen MR) is 239 cm³/mol. The normalized spacial score (nSPS) is 13.2. The molecule has 57 heavy (non-hydrogen) atoms. The van der Waals surface area contributed by atoms with Crippen molar-refractivity contribution in [3.63, 3.8) is 0 Å². The monoisotopic (exact) mass is 728 g/mol. The first kappa shape index (κ1) is 32.8. The Morgan fingerprint density at radius 2 is 0.947 bits per heavy atom. The molecule has 0 radical (unpaired) electrons. The van der Waals surface area contributed by atoms with Crippen molar-refractivity contribution >= 4 is 60.9 Å². The SMILES string of the molecule is C1=C(c2cccc(-n3c4ccccc4c4c(-c5ccc6c(c5)c5ccccc5n6-c5ccccc5)cccc43)c2)N=C(c2ccccc2)N=C(c2ccccc2)C1. The van der Waals surface area contributed by atoms with Gasteiger partial charge >= 0.3 is 0 Å². The van der Waals surface area contributed by atoms with Gasteiger partial charge in [-0.3, -0.25) is 0 Å². The van der Waals surface area contributed by atoms with E-state index in [0.717, 1.165) is 50.5 Å². The predicted octanol–water partition coefficient (Wildman–Crippen LogP) is 13.2. The molecule has 2 aromatic heterocycles. The molecule has 0 aliphatic carbocycles. The van der Waals surface area contributed by atoms with E-state index >= 15 is 0 Å². The summed E-state index contributed by atoms with van der Waals surface area (Å²) in [6.07, 6.45) is 2.90. The van der Waals surface area contributed by atoms with Gasteiger partial charge in [-0.25, -0.2) is 9.98 Å². The van der Waals surface area contributed by atoms with Crippen LogP contribution in [-0.2, 0) is 0 Å². The molecule has 0 N–H and O–H groups in total. The number of para-hydroxylation sites is 3. The first-order valence-corrected chi connectivity index (χ1v) is 19.5. The summed E-state index contributed by atoms with van der Waals surface area (Å²) in [5.74, 6) is 0.717. The average Bonchev–Trinajstić information content (AvgIpc) is 3.70. The molecule has 0 atom stereocenters. The molecule has 268 valence electrons. The molecule has 0 fully saturated rings. The minimum Gasteiger partial charge on any atom is -0.309 e. The maximum absolute atomic E-state index is 5.24. The van der Waals surface area contributed by atoms with Crippen molar-refractivity contribution < 1.29 is 0 Å². The highest BCUT2D eigenvalue weighted by atomic mass is 15.0. The Balaban J connectivity index is 1.06. The number of aliphatic imine (C=N–C) groups is 2. The quantitative estimate of drug-likeness (QED) is 0.163. The van der Waals surface area contributed by atoms with Crippen LogP contribution in [0, 0.1) is 0 Å². The van der Waals surface area contributed by atoms with Gasteiger partial charge in [0.1, 0.15) is 0 Å². The van der Waals surface area contributed by atoms with Gasteiger partial charge < -0.3 is 9.13 Å². The molecule has 10 aromatic rings. The van der Waals surface area contributed by atoms with Crippen molar-refractivity contribution in [1.29, 1.82) is 0 Å². The van der Waals surface area contributed by atoms with E-state index in [2.05, 4.69) is 191 Å². The summed E-state index contributed by atoms with van der Waals surface area (Å²) in [5, 5.41) is 4.95. The molecule has 0 unspecified atom stereocenters. The Labute approximate surface area is 330 Å². The van der Waals surface area contributed by atoms with Crippen LogP contribution in [0.2, 0.25) is 0 Å². The van der Waals surface area contributed by atoms with E-state index in [0.29, 0.717) is 12.3 Å². The summed E-state index contributed by atoms with van der Waals surface area (Å²) < 4.78 is 4.78. The zero-order valence-electron chi connectivity index (χ0n) is 31.1. The molecule has 0 saturated carbocycles. The minimum absolute atomic E-state index is 0.677. The van der Waals surface area contributed by atoms with Crippen LogP contribution in [0.5, 0.6) is 0 Å². The fourth-order valence-corrected chi connectivity index (χ4v) is 8.60. The first-order valence-electron chi connectivity index (χ1n) is 19.5. The third-order valence-electron chi connectivity index (χ3n) is 11.2. The second kappa shape index (κ2) is 13.6. The molecular weight excluding hydrogens is 693 g/mol. The summed E-state index contributed by atoms with van der Waals surface area (Å²) in [5.41, 5.74) is 14.5. The Morgan fingerprint density at radius 3 is 1.74 bits per heavy atom. The third-order valence-corrected chi connectivity index (χ3v) is 11.2. The van der Waals surface area contributed by atoms with Crippen molar-refractivity contribution in [2.45, 2.75) is 6.42 Å². The van der Waals surface area contributed by atoms with Gasteiger partial charge in [-0.1, -0.05) is 152 Å². The van der Waals surface area contributed by atoms with Gasteiger partial charge in [0.05, 0.1) is 33.5 Å². The highest BCUT2D eigenvalue weighted by Crippen LogP contribution is 2.41. The maximum atomic E-state index is 5.24. The van der Waals surface area contributed by atoms with Crippen molar-refractivity contribution in [3.8, 4) is 22.5 Å². The Bertz CT molecular complexity index is 3240. The van der Waals surface area contributed by atoms with Gasteiger partial charge in [0.15, 0.2) is 5.84 Å². The van der Waals surface area contributed by atoms with Gasteiger partial charge in [0, 0.05) is 50.5 Å². The van der Waals surface area contributed by atoms with E-state index in [1.165, 1.54) is 43.7 Å². The fraction of sp³-hybridized carbons (Fsp3) is 0.0189. The van der Waals surface area contributed by atoms with Crippen LogP contribution in [0.25, 0.3) is 71.8 Å². The summed E-state index contributed by atoms with van der Waals surface area (Å²) in [6.45, 7) is 0. The molecule has 0 amide bonds. The molecule has 4 nitrogen and oxygen atoms in total. The lowest BCUT2D eigenvalue weighted by Crippen LogP contribution is -2.04. The molecule has 1 aliphatic rings. The molecule has 0 bridgehead atoms. The van der Waals surface area contributed by atoms with Crippen molar-refractivity contribution in [3.05, 3.63) is 223 Å². The number of aromatic nitrogens is 2. The van der Waals surface area contributed by atoms with Crippen molar-refractivity contribution in [2.75, 3.05) is 0 Å². The van der Waals surface area contributed by atoms with Crippen LogP contribution in [0.3, 0.4) is 0 Å². The topological polar surface area (TPSA) is 34.6 Å². The second-order valence-electron chi connectivity index (χ2n) is 14.5. The molecule has 8 aromatic carbocycles. The zero-order valence-corrected chi connectivity index (χ0v) is 31.1. The highest BCUT2D eigenvalue weighted by molar-refractivity contribution is 6.18. The highest BCUT2D eigenvalue weighted by Gasteiger charge is 2.19. The number of nitrogens with zero attached hydrogens (tertiary/aromatic N) is 4. The number of fused-ring (bicyclic) bond motifs is 6. The van der Waals surface area contributed by atoms with Gasteiger partial charge in [-0.15, -0.1) is 0 Å². The van der Waals surface area contributed by atoms with Gasteiger partial charge in [-0.05, 0) is 71.3 Å². The summed E-state index contributed by atoms with van der Waals surface area (Å²) in [4.78, 5) is 10.4. The number of rotatable bonds is 6. The van der Waals surface area contributed by atoms with Crippen molar-refractivity contribution in [2.24, 2.45) is 9.98 Å². The van der Waals surface area contributed by atoms with Crippen LogP contribution in [0.15, 0.2) is 216 Å². The van der Waals surface area contributed by atoms with E-state index in [1.54, 1.807) is 0 Å². The van der Waals surface area contributed by atoms with Crippen LogP contribution in [0.4, 0.5) is 0 Å². The number of hydrogen-bond donors (Lipinski definition) is 0. The lowest BCUT2D eigenvalue weighted by Gasteiger charge is -2.11. The second-order valence-corrected chi connectivity index (χ2v) is 14.5. The fourth-order valence-electron chi connectivity index (χ4n) is 8.60. The number of benzene rings is 8. The van der Waals surface area contributed by atoms with E-state index in [1.807, 2.05) is 24.3 Å². The molecular formula is C53H36N4. The van der Waals surface area contributed by atoms with Gasteiger partial charge in [0.2, 0.25) is 0 Å². The number of hydrogen-bond acceptors (Lipinski definition) is 2. The average molecular weight is 729 g/mol. The van der Waals surface area contributed by atoms with Crippen LogP contribution < -0.4 is 0 Å². The van der Waals surface area contributed by atoms with E-state index in [4.69, 9.17) is 9.98 Å². The van der Waals surface area contributed by atoms with E-state index in [9.17, 15) is 0 Å². The third kappa shape index (κ3) is 5.61. The van der Waals surface area contributed by atoms with Gasteiger partial charge in [-0.2, -0.15) is 0 Å². The zero-order chi connectivity index (χ0) is 37.7. The number of amidine groups is 1. The molecule has 11 rings (SSSR count). The Hall–Kier alpha value is -7.56. The lowest BCUT2D eigenvalue weighted by atomic mass is 9.98. The van der Waals surface area contributed by atoms with Crippen molar-refractivity contribution in [1.82, 2.24) is 9.13 Å². The largest absolute Gasteiger partial charge is 0.309 e. The Kier molecular flexibility index (Phi) is 7.85. The molecule has 0 saturated heterocycles. The van der Waals surface area contributed by atoms with Crippen LogP contribution in [-0.4, -0.2) is 20.7 Å². The molecule has 0 spiro atoms. The Morgan fingerprint density at radius 1 is 0.368 bits per heavy atom. The van der Waals surface area contributed by atoms with E-state index < -0.39 is 0 Å². The summed E-state index contributed by atoms with van der Waals surface area (Å²) in [7, 11) is 0. The minimum atomic E-state index is 0.677. The number of allylic oxidation sites excluding steroid dienone is 1. The lowest BCUT2D eigenvalue weighted by molar-refractivity contribution is 1.18. The van der Waals surface area contributed by atoms with Crippen LogP contribution in [0.1, 0.15) is 23.1 Å². The molecule has 3 heterocycles. The maximum Gasteiger partial charge on any atom is 0.160 e. The first-order chi connectivity index (χ1) is 28.3. The van der Waals surface area contributed by atoms with E-state index in [-0.39, 0.29) is 0 Å². The molecule has 1 aliphatic heterocycles. The van der Waals surface area contributed by atoms with Gasteiger partial charge in [0.25, 0.3) is 0 Å².